The molecule has 0 aromatic carbocycles. The Balaban J connectivity index is 1.76. The summed E-state index contributed by atoms with van der Waals surface area (Å²) < 4.78 is 15.2. The molecule has 4 N–H and O–H groups in total. The smallest absolute Gasteiger partial charge is 0.130 e. The van der Waals surface area contributed by atoms with Crippen molar-refractivity contribution >= 4 is 31.9 Å². The van der Waals surface area contributed by atoms with E-state index in [1.165, 1.54) is 0 Å². The van der Waals surface area contributed by atoms with E-state index in [-0.39, 0.29) is 40.4 Å². The maximum Gasteiger partial charge on any atom is 0.130 e. The first-order valence-electron chi connectivity index (χ1n) is 10.6. The molecule has 0 aliphatic heterocycles. The van der Waals surface area contributed by atoms with Gasteiger partial charge in [0.1, 0.15) is 11.8 Å². The molecule has 7 heteroatoms. The molecule has 0 heterocycles. The second-order valence-corrected chi connectivity index (χ2v) is 14.7. The summed E-state index contributed by atoms with van der Waals surface area (Å²) >= 11 is 7.42. The van der Waals surface area contributed by atoms with Crippen molar-refractivity contribution in [3.8, 4) is 0 Å². The van der Waals surface area contributed by atoms with Gasteiger partial charge >= 0.3 is 0 Å². The molecule has 0 unspecified atom stereocenters. The third-order valence-corrected chi connectivity index (χ3v) is 10.9. The first-order chi connectivity index (χ1) is 12.8. The first kappa shape index (κ1) is 21.9. The fourth-order valence-corrected chi connectivity index (χ4v) is 9.63. The van der Waals surface area contributed by atoms with E-state index in [2.05, 4.69) is 31.9 Å². The summed E-state index contributed by atoms with van der Waals surface area (Å²) in [5, 5.41) is 43.7. The predicted octanol–water partition coefficient (Wildman–Crippen LogP) is 3.66. The van der Waals surface area contributed by atoms with Crippen LogP contribution in [0.4, 0.5) is 4.39 Å². The highest BCUT2D eigenvalue weighted by atomic mass is 79.9. The SMILES string of the molecule is C[C@]12C[C@@H](O)[C@H]3[C@@H](C[C@@H](F)[C@@]4(O)CCC(Br)(Br)C[C@]34C)[C@@H]1CC[C@]2(O)CCO. The third kappa shape index (κ3) is 2.72. The molecule has 0 saturated heterocycles. The Morgan fingerprint density at radius 2 is 1.75 bits per heavy atom. The Labute approximate surface area is 183 Å². The number of halogens is 3. The second-order valence-electron chi connectivity index (χ2n) is 10.6. The largest absolute Gasteiger partial charge is 0.396 e. The average molecular weight is 528 g/mol. The molecular formula is C21H33Br2FO4. The van der Waals surface area contributed by atoms with Gasteiger partial charge in [-0.2, -0.15) is 0 Å². The van der Waals surface area contributed by atoms with E-state index >= 15 is 4.39 Å². The van der Waals surface area contributed by atoms with Gasteiger partial charge in [0.25, 0.3) is 0 Å². The number of aliphatic hydroxyl groups excluding tert-OH is 2. The van der Waals surface area contributed by atoms with Crippen LogP contribution in [0.15, 0.2) is 0 Å². The molecule has 162 valence electrons. The van der Waals surface area contributed by atoms with E-state index in [9.17, 15) is 20.4 Å². The normalized spacial score (nSPS) is 58.0. The van der Waals surface area contributed by atoms with Gasteiger partial charge in [-0.1, -0.05) is 45.7 Å². The highest BCUT2D eigenvalue weighted by Gasteiger charge is 2.72. The van der Waals surface area contributed by atoms with Gasteiger partial charge in [0, 0.05) is 17.4 Å². The van der Waals surface area contributed by atoms with Crippen LogP contribution in [0.1, 0.15) is 65.2 Å². The zero-order valence-electron chi connectivity index (χ0n) is 16.7. The van der Waals surface area contributed by atoms with Gasteiger partial charge in [-0.15, -0.1) is 0 Å². The maximum absolute atomic E-state index is 15.6. The van der Waals surface area contributed by atoms with E-state index in [4.69, 9.17) is 0 Å². The minimum Gasteiger partial charge on any atom is -0.396 e. The van der Waals surface area contributed by atoms with Crippen molar-refractivity contribution in [3.05, 3.63) is 0 Å². The van der Waals surface area contributed by atoms with E-state index in [0.29, 0.717) is 32.1 Å². The zero-order valence-corrected chi connectivity index (χ0v) is 19.8. The summed E-state index contributed by atoms with van der Waals surface area (Å²) in [6.07, 6.45) is 1.77. The fourth-order valence-electron chi connectivity index (χ4n) is 8.06. The van der Waals surface area contributed by atoms with Crippen LogP contribution in [0.3, 0.4) is 0 Å². The Kier molecular flexibility index (Phi) is 5.18. The lowest BCUT2D eigenvalue weighted by atomic mass is 9.42. The summed E-state index contributed by atoms with van der Waals surface area (Å²) in [7, 11) is 0. The van der Waals surface area contributed by atoms with Gasteiger partial charge in [0.2, 0.25) is 0 Å². The van der Waals surface area contributed by atoms with Crippen LogP contribution >= 0.6 is 31.9 Å². The van der Waals surface area contributed by atoms with Crippen LogP contribution in [-0.4, -0.2) is 53.7 Å². The number of aliphatic hydroxyl groups is 4. The lowest BCUT2D eigenvalue weighted by molar-refractivity contribution is -0.267. The Bertz CT molecular complexity index is 650. The lowest BCUT2D eigenvalue weighted by Gasteiger charge is -2.67. The van der Waals surface area contributed by atoms with Crippen molar-refractivity contribution in [1.29, 1.82) is 0 Å². The first-order valence-corrected chi connectivity index (χ1v) is 12.2. The summed E-state index contributed by atoms with van der Waals surface area (Å²) in [6.45, 7) is 3.87. The van der Waals surface area contributed by atoms with E-state index in [1.807, 2.05) is 13.8 Å². The van der Waals surface area contributed by atoms with Gasteiger partial charge in [-0.05, 0) is 69.1 Å². The zero-order chi connectivity index (χ0) is 20.8. The van der Waals surface area contributed by atoms with Gasteiger partial charge in [-0.25, -0.2) is 4.39 Å². The van der Waals surface area contributed by atoms with Crippen molar-refractivity contribution in [2.75, 3.05) is 6.61 Å². The number of hydrogen-bond donors (Lipinski definition) is 4. The second kappa shape index (κ2) is 6.61. The van der Waals surface area contributed by atoms with Gasteiger partial charge < -0.3 is 20.4 Å². The number of fused-ring (bicyclic) bond motifs is 5. The fraction of sp³-hybridized carbons (Fsp3) is 1.00. The van der Waals surface area contributed by atoms with Crippen LogP contribution in [0, 0.1) is 28.6 Å². The van der Waals surface area contributed by atoms with Crippen LogP contribution < -0.4 is 0 Å². The number of alkyl halides is 3. The molecule has 4 rings (SSSR count). The van der Waals surface area contributed by atoms with Crippen molar-refractivity contribution < 1.29 is 24.8 Å². The molecule has 0 radical (unpaired) electrons. The minimum atomic E-state index is -1.44. The summed E-state index contributed by atoms with van der Waals surface area (Å²) in [4.78, 5) is 0. The number of rotatable bonds is 2. The van der Waals surface area contributed by atoms with Gasteiger partial charge in [0.05, 0.1) is 14.9 Å². The Hall–Kier alpha value is 0.730. The molecular weight excluding hydrogens is 495 g/mol. The Morgan fingerprint density at radius 1 is 1.07 bits per heavy atom. The van der Waals surface area contributed by atoms with E-state index < -0.39 is 34.3 Å². The Morgan fingerprint density at radius 3 is 2.39 bits per heavy atom. The highest BCUT2D eigenvalue weighted by molar-refractivity contribution is 9.25. The van der Waals surface area contributed by atoms with Crippen LogP contribution in [-0.2, 0) is 0 Å². The summed E-state index contributed by atoms with van der Waals surface area (Å²) in [6, 6.07) is 0. The van der Waals surface area contributed by atoms with Crippen LogP contribution in [0.5, 0.6) is 0 Å². The molecule has 4 aliphatic carbocycles. The molecule has 4 saturated carbocycles. The minimum absolute atomic E-state index is 0.0825. The van der Waals surface area contributed by atoms with Gasteiger partial charge in [0.15, 0.2) is 0 Å². The molecule has 0 bridgehead atoms. The van der Waals surface area contributed by atoms with Crippen molar-refractivity contribution in [1.82, 2.24) is 0 Å². The van der Waals surface area contributed by atoms with E-state index in [0.717, 1.165) is 6.42 Å². The van der Waals surface area contributed by atoms with Crippen molar-refractivity contribution in [2.24, 2.45) is 28.6 Å². The monoisotopic (exact) mass is 526 g/mol. The molecule has 4 nitrogen and oxygen atoms in total. The molecule has 4 fully saturated rings. The molecule has 4 aliphatic rings. The predicted molar refractivity (Wildman–Crippen MR) is 112 cm³/mol. The summed E-state index contributed by atoms with van der Waals surface area (Å²) in [5.41, 5.74) is -3.77. The highest BCUT2D eigenvalue weighted by Crippen LogP contribution is 2.71. The summed E-state index contributed by atoms with van der Waals surface area (Å²) in [5.74, 6) is -0.219. The molecule has 0 spiro atoms. The topological polar surface area (TPSA) is 80.9 Å². The number of hydrogen-bond acceptors (Lipinski definition) is 4. The van der Waals surface area contributed by atoms with E-state index in [1.54, 1.807) is 0 Å². The van der Waals surface area contributed by atoms with Crippen LogP contribution in [0.25, 0.3) is 0 Å². The van der Waals surface area contributed by atoms with Gasteiger partial charge in [-0.3, -0.25) is 0 Å². The van der Waals surface area contributed by atoms with Crippen LogP contribution in [0.2, 0.25) is 0 Å². The lowest BCUT2D eigenvalue weighted by Crippen LogP contribution is -2.71. The van der Waals surface area contributed by atoms with Crippen molar-refractivity contribution in [2.45, 2.75) is 91.9 Å². The molecule has 0 aromatic heterocycles. The average Bonchev–Trinajstić information content (AvgIpc) is 2.81. The molecule has 28 heavy (non-hydrogen) atoms. The van der Waals surface area contributed by atoms with Crippen molar-refractivity contribution in [3.63, 3.8) is 0 Å². The third-order valence-electron chi connectivity index (χ3n) is 9.52. The quantitative estimate of drug-likeness (QED) is 0.413. The maximum atomic E-state index is 15.6. The molecule has 9 atom stereocenters. The standard InChI is InChI=1S/C21H33Br2FO4/c1-17-10-14(26)16-12(13(17)3-4-19(17,27)7-8-25)9-15(24)21(28)6-5-20(22,23)11-18(16,21)2/h12-16,25-28H,3-11H2,1-2H3/t12-,13-,14+,15+,16+,17-,18+,19-,21-/m0/s1. The molecule has 0 aromatic rings. The molecule has 0 amide bonds.